The number of allylic oxidation sites excluding steroid dienone is 4. The molecule has 0 heterocycles. The standard InChI is InChI=1S/C10H17OSi.C9H7.2CH3.2ClH.H2Si.Zr/c1-12(2,3)11-9-8-10-6-4-5-7-10;1-2-5-9-7-3-6-8(9)4-1;;;;;;/h4,6H,5,8-9H2,1-3H3;1-7H;2*1H3;2*1H;1H2;. The van der Waals surface area contributed by atoms with Gasteiger partial charge in [0, 0.05) is 0 Å². The minimum absolute atomic E-state index is 0. The van der Waals surface area contributed by atoms with Crippen molar-refractivity contribution < 1.29 is 21.8 Å². The molecule has 0 bridgehead atoms. The summed E-state index contributed by atoms with van der Waals surface area (Å²) in [6.07, 6.45) is 11.9. The number of hydrogen-bond donors (Lipinski definition) is 0. The summed E-state index contributed by atoms with van der Waals surface area (Å²) in [5.74, 6) is 0. The molecule has 0 N–H and O–H groups in total. The van der Waals surface area contributed by atoms with E-state index in [4.69, 9.17) is 4.43 Å². The van der Waals surface area contributed by atoms with Crippen molar-refractivity contribution in [1.29, 1.82) is 0 Å². The molecular weight excluding hydrogens is 487 g/mol. The molecule has 2 aliphatic carbocycles. The number of hydrogen-bond acceptors (Lipinski definition) is 1. The van der Waals surface area contributed by atoms with E-state index in [1.54, 1.807) is 14.4 Å². The molecule has 1 aromatic carbocycles. The molecule has 0 radical (unpaired) electrons. The van der Waals surface area contributed by atoms with Crippen LogP contribution in [0.4, 0.5) is 0 Å². The second-order valence-electron chi connectivity index (χ2n) is 9.60. The van der Waals surface area contributed by atoms with E-state index in [0.29, 0.717) is 3.63 Å². The average Bonchev–Trinajstić information content (AvgIpc) is 3.12. The van der Waals surface area contributed by atoms with Crippen LogP contribution in [-0.4, -0.2) is 21.8 Å². The van der Waals surface area contributed by atoms with Gasteiger partial charge in [0.05, 0.1) is 0 Å². The van der Waals surface area contributed by atoms with E-state index in [-0.39, 0.29) is 24.8 Å². The molecule has 0 saturated heterocycles. The Labute approximate surface area is 181 Å². The number of benzene rings is 1. The molecule has 0 aliphatic heterocycles. The number of fused-ring (bicyclic) bond motifs is 1. The molecule has 1 atom stereocenters. The predicted octanol–water partition coefficient (Wildman–Crippen LogP) is 6.39. The Morgan fingerprint density at radius 3 is 2.44 bits per heavy atom. The first-order chi connectivity index (χ1) is 11.6. The van der Waals surface area contributed by atoms with Crippen molar-refractivity contribution in [3.63, 3.8) is 0 Å². The summed E-state index contributed by atoms with van der Waals surface area (Å²) < 4.78 is 13.9. The third-order valence-corrected chi connectivity index (χ3v) is 24.2. The Hall–Kier alpha value is 0.297. The Morgan fingerprint density at radius 2 is 1.78 bits per heavy atom. The van der Waals surface area contributed by atoms with E-state index in [1.165, 1.54) is 5.56 Å². The summed E-state index contributed by atoms with van der Waals surface area (Å²) in [6, 6.07) is 8.99. The van der Waals surface area contributed by atoms with E-state index in [9.17, 15) is 0 Å². The monoisotopic (exact) mass is 518 g/mol. The van der Waals surface area contributed by atoms with Crippen LogP contribution in [0.5, 0.6) is 0 Å². The van der Waals surface area contributed by atoms with E-state index < -0.39 is 25.7 Å². The zero-order chi connectivity index (χ0) is 18.3. The molecule has 0 saturated carbocycles. The maximum atomic E-state index is 6.15. The van der Waals surface area contributed by atoms with Gasteiger partial charge in [-0.2, -0.15) is 0 Å². The van der Waals surface area contributed by atoms with Crippen LogP contribution in [-0.2, 0) is 21.8 Å². The van der Waals surface area contributed by atoms with Gasteiger partial charge in [-0.05, 0) is 0 Å². The molecule has 0 spiro atoms. The predicted molar refractivity (Wildman–Crippen MR) is 128 cm³/mol. The zero-order valence-corrected chi connectivity index (χ0v) is 23.8. The van der Waals surface area contributed by atoms with E-state index in [0.717, 1.165) is 19.4 Å². The van der Waals surface area contributed by atoms with Crippen molar-refractivity contribution in [3.05, 3.63) is 62.5 Å². The van der Waals surface area contributed by atoms with Crippen molar-refractivity contribution >= 4 is 46.1 Å². The molecule has 2 aliphatic rings. The van der Waals surface area contributed by atoms with Crippen LogP contribution in [0.2, 0.25) is 28.9 Å². The third-order valence-electron chi connectivity index (χ3n) is 5.72. The van der Waals surface area contributed by atoms with Crippen molar-refractivity contribution in [2.45, 2.75) is 45.4 Å². The Balaban J connectivity index is 0.00000182. The molecule has 150 valence electrons. The number of rotatable bonds is 6. The van der Waals surface area contributed by atoms with Crippen molar-refractivity contribution in [3.8, 4) is 0 Å². The van der Waals surface area contributed by atoms with E-state index in [2.05, 4.69) is 84.4 Å². The van der Waals surface area contributed by atoms with Crippen LogP contribution in [0.25, 0.3) is 6.08 Å². The van der Waals surface area contributed by atoms with Gasteiger partial charge in [-0.25, -0.2) is 0 Å². The fraction of sp³-hybridized carbons (Fsp3) is 0.429. The number of halogens is 2. The van der Waals surface area contributed by atoms with Gasteiger partial charge >= 0.3 is 158 Å². The zero-order valence-electron chi connectivity index (χ0n) is 17.2. The molecule has 1 aromatic rings. The van der Waals surface area contributed by atoms with Crippen LogP contribution in [0, 0.1) is 0 Å². The molecule has 3 rings (SSSR count). The first-order valence-corrected chi connectivity index (χ1v) is 26.3. The minimum Gasteiger partial charge on any atom is -0.147 e. The van der Waals surface area contributed by atoms with E-state index >= 15 is 0 Å². The Bertz CT molecular complexity index is 844. The summed E-state index contributed by atoms with van der Waals surface area (Å²) in [5.41, 5.74) is 4.57. The van der Waals surface area contributed by atoms with Crippen molar-refractivity contribution in [1.82, 2.24) is 0 Å². The van der Waals surface area contributed by atoms with Gasteiger partial charge in [-0.1, -0.05) is 0 Å². The van der Waals surface area contributed by atoms with E-state index in [1.807, 2.05) is 0 Å². The average molecular weight is 521 g/mol. The fourth-order valence-corrected chi connectivity index (χ4v) is 20.2. The van der Waals surface area contributed by atoms with Crippen LogP contribution < -0.4 is 0 Å². The van der Waals surface area contributed by atoms with Gasteiger partial charge in [0.25, 0.3) is 0 Å². The van der Waals surface area contributed by atoms with Crippen molar-refractivity contribution in [2.24, 2.45) is 0 Å². The molecule has 1 nitrogen and oxygen atoms in total. The molecule has 0 aromatic heterocycles. The molecule has 0 amide bonds. The molecule has 0 fully saturated rings. The van der Waals surface area contributed by atoms with Gasteiger partial charge in [-0.3, -0.25) is 0 Å². The molecular formula is C21H34Cl2OSi2Zr. The summed E-state index contributed by atoms with van der Waals surface area (Å²) in [4.78, 5) is 0. The first-order valence-electron chi connectivity index (χ1n) is 9.44. The topological polar surface area (TPSA) is 9.23 Å². The normalized spacial score (nSPS) is 19.0. The second kappa shape index (κ2) is 8.98. The van der Waals surface area contributed by atoms with Crippen LogP contribution in [0.1, 0.15) is 27.6 Å². The minimum atomic E-state index is -3.07. The van der Waals surface area contributed by atoms with Gasteiger partial charge in [0.2, 0.25) is 0 Å². The van der Waals surface area contributed by atoms with Crippen LogP contribution >= 0.6 is 24.8 Å². The summed E-state index contributed by atoms with van der Waals surface area (Å²) in [5, 5.41) is 0. The summed E-state index contributed by atoms with van der Waals surface area (Å²) in [6.45, 7) is 10.1. The Kier molecular flexibility index (Phi) is 8.42. The van der Waals surface area contributed by atoms with Gasteiger partial charge in [0.1, 0.15) is 0 Å². The fourth-order valence-electron chi connectivity index (χ4n) is 4.36. The smallest absolute Gasteiger partial charge is 0.147 e. The molecule has 27 heavy (non-hydrogen) atoms. The Morgan fingerprint density at radius 1 is 1.11 bits per heavy atom. The van der Waals surface area contributed by atoms with Crippen molar-refractivity contribution in [2.75, 3.05) is 6.61 Å². The van der Waals surface area contributed by atoms with Crippen LogP contribution in [0.3, 0.4) is 0 Å². The molecule has 1 unspecified atom stereocenters. The second-order valence-corrected chi connectivity index (χ2v) is 43.8. The quantitative estimate of drug-likeness (QED) is 0.395. The van der Waals surface area contributed by atoms with Gasteiger partial charge in [-0.15, -0.1) is 24.8 Å². The first kappa shape index (κ1) is 25.3. The largest absolute Gasteiger partial charge is 0.147 e. The summed E-state index contributed by atoms with van der Waals surface area (Å²) in [7, 11) is -1.43. The SMILES string of the molecule is C[Si](C)(C)OCCC1=[C]([Zr]([CH3])([CH3])(=[SiH2])[CH]2C=Cc3ccccc32)CC=C1.Cl.Cl. The van der Waals surface area contributed by atoms with Crippen LogP contribution in [0.15, 0.2) is 51.3 Å². The van der Waals surface area contributed by atoms with Gasteiger partial charge < -0.3 is 0 Å². The molecule has 6 heteroatoms. The van der Waals surface area contributed by atoms with Gasteiger partial charge in [0.15, 0.2) is 0 Å². The third kappa shape index (κ3) is 5.47. The maximum absolute atomic E-state index is 6.15. The summed E-state index contributed by atoms with van der Waals surface area (Å²) >= 11 is -3.07. The maximum Gasteiger partial charge on any atom is -0.147 e.